The first-order valence-corrected chi connectivity index (χ1v) is 8.82. The maximum absolute atomic E-state index is 12.0. The average Bonchev–Trinajstić information content (AvgIpc) is 3.05. The summed E-state index contributed by atoms with van der Waals surface area (Å²) in [4.78, 5) is 0.864. The molecule has 1 aromatic rings. The predicted molar refractivity (Wildman–Crippen MR) is 75.6 cm³/mol. The van der Waals surface area contributed by atoms with Crippen LogP contribution in [0.4, 0.5) is 0 Å². The van der Waals surface area contributed by atoms with E-state index in [-0.39, 0.29) is 0 Å². The molecule has 0 atom stereocenters. The molecule has 5 nitrogen and oxygen atoms in total. The highest BCUT2D eigenvalue weighted by atomic mass is 32.2. The van der Waals surface area contributed by atoms with Gasteiger partial charge in [-0.25, -0.2) is 13.1 Å². The monoisotopic (exact) mass is 304 g/mol. The minimum atomic E-state index is -3.41. The predicted octanol–water partition coefficient (Wildman–Crippen LogP) is 1.44. The molecule has 1 aliphatic rings. The maximum atomic E-state index is 12.0. The third kappa shape index (κ3) is 4.25. The van der Waals surface area contributed by atoms with Gasteiger partial charge in [-0.2, -0.15) is 0 Å². The molecule has 0 radical (unpaired) electrons. The fraction of sp³-hybridized carbons (Fsp3) is 0.667. The number of ether oxygens (including phenoxy) is 1. The molecule has 0 amide bonds. The summed E-state index contributed by atoms with van der Waals surface area (Å²) in [6.07, 6.45) is 4.94. The van der Waals surface area contributed by atoms with Crippen LogP contribution in [0.25, 0.3) is 0 Å². The van der Waals surface area contributed by atoms with E-state index in [1.807, 2.05) is 0 Å². The smallest absolute Gasteiger partial charge is 0.250 e. The summed E-state index contributed by atoms with van der Waals surface area (Å²) in [5.41, 5.74) is 5.47. The van der Waals surface area contributed by atoms with E-state index in [0.29, 0.717) is 30.0 Å². The zero-order valence-corrected chi connectivity index (χ0v) is 12.4. The first-order valence-electron chi connectivity index (χ1n) is 6.52. The molecule has 19 heavy (non-hydrogen) atoms. The van der Waals surface area contributed by atoms with E-state index in [1.54, 1.807) is 12.1 Å². The zero-order valence-electron chi connectivity index (χ0n) is 10.8. The molecular weight excluding hydrogens is 284 g/mol. The molecule has 108 valence electrons. The van der Waals surface area contributed by atoms with Crippen LogP contribution in [0.1, 0.15) is 30.6 Å². The van der Waals surface area contributed by atoms with Crippen LogP contribution in [0.5, 0.6) is 0 Å². The molecule has 1 fully saturated rings. The lowest BCUT2D eigenvalue weighted by Gasteiger charge is -2.11. The fourth-order valence-electron chi connectivity index (χ4n) is 2.14. The van der Waals surface area contributed by atoms with Crippen LogP contribution < -0.4 is 10.5 Å². The van der Waals surface area contributed by atoms with Crippen molar-refractivity contribution in [3.8, 4) is 0 Å². The summed E-state index contributed by atoms with van der Waals surface area (Å²) >= 11 is 1.21. The Morgan fingerprint density at radius 2 is 2.11 bits per heavy atom. The van der Waals surface area contributed by atoms with Crippen LogP contribution in [0.2, 0.25) is 0 Å². The minimum Gasteiger partial charge on any atom is -0.377 e. The SMILES string of the molecule is NCc1ccc(S(=O)(=O)NCCOC2CCCC2)s1. The Kier molecular flexibility index (Phi) is 5.35. The van der Waals surface area contributed by atoms with Crippen molar-refractivity contribution >= 4 is 21.4 Å². The second kappa shape index (κ2) is 6.81. The normalized spacial score (nSPS) is 17.1. The average molecular weight is 304 g/mol. The van der Waals surface area contributed by atoms with Crippen molar-refractivity contribution in [3.63, 3.8) is 0 Å². The molecule has 0 spiro atoms. The second-order valence-electron chi connectivity index (χ2n) is 4.60. The van der Waals surface area contributed by atoms with Crippen LogP contribution >= 0.6 is 11.3 Å². The van der Waals surface area contributed by atoms with Gasteiger partial charge in [0.05, 0.1) is 12.7 Å². The molecule has 0 aliphatic heterocycles. The number of rotatable bonds is 7. The van der Waals surface area contributed by atoms with E-state index in [1.165, 1.54) is 24.2 Å². The number of sulfonamides is 1. The Balaban J connectivity index is 1.77. The summed E-state index contributed by atoms with van der Waals surface area (Å²) in [5.74, 6) is 0. The second-order valence-corrected chi connectivity index (χ2v) is 7.76. The Labute approximate surface area is 118 Å². The largest absolute Gasteiger partial charge is 0.377 e. The summed E-state index contributed by atoms with van der Waals surface area (Å²) in [7, 11) is -3.41. The third-order valence-electron chi connectivity index (χ3n) is 3.15. The highest BCUT2D eigenvalue weighted by molar-refractivity contribution is 7.91. The lowest BCUT2D eigenvalue weighted by Crippen LogP contribution is -2.28. The van der Waals surface area contributed by atoms with Crippen molar-refractivity contribution in [2.75, 3.05) is 13.2 Å². The number of thiophene rings is 1. The lowest BCUT2D eigenvalue weighted by molar-refractivity contribution is 0.0626. The van der Waals surface area contributed by atoms with Gasteiger partial charge in [0.2, 0.25) is 10.0 Å². The summed E-state index contributed by atoms with van der Waals surface area (Å²) < 4.78 is 32.4. The molecule has 0 aromatic carbocycles. The topological polar surface area (TPSA) is 81.4 Å². The van der Waals surface area contributed by atoms with E-state index in [4.69, 9.17) is 10.5 Å². The maximum Gasteiger partial charge on any atom is 0.250 e. The number of nitrogens with two attached hydrogens (primary N) is 1. The van der Waals surface area contributed by atoms with E-state index in [9.17, 15) is 8.42 Å². The van der Waals surface area contributed by atoms with Crippen LogP contribution in [-0.2, 0) is 21.3 Å². The van der Waals surface area contributed by atoms with Crippen LogP contribution in [-0.4, -0.2) is 27.7 Å². The van der Waals surface area contributed by atoms with Crippen LogP contribution in [0, 0.1) is 0 Å². The van der Waals surface area contributed by atoms with Crippen LogP contribution in [0.15, 0.2) is 16.3 Å². The molecule has 0 bridgehead atoms. The standard InChI is InChI=1S/C12H20N2O3S2/c13-9-11-5-6-12(18-11)19(15,16)14-7-8-17-10-3-1-2-4-10/h5-6,10,14H,1-4,7-9,13H2. The van der Waals surface area contributed by atoms with Gasteiger partial charge >= 0.3 is 0 Å². The molecule has 0 saturated heterocycles. The van der Waals surface area contributed by atoms with Crippen molar-refractivity contribution in [2.24, 2.45) is 5.73 Å². The molecule has 2 rings (SSSR count). The van der Waals surface area contributed by atoms with Crippen molar-refractivity contribution < 1.29 is 13.2 Å². The van der Waals surface area contributed by atoms with Gasteiger partial charge in [-0.05, 0) is 25.0 Å². The molecule has 1 heterocycles. The molecule has 7 heteroatoms. The van der Waals surface area contributed by atoms with E-state index in [2.05, 4.69) is 4.72 Å². The highest BCUT2D eigenvalue weighted by Crippen LogP contribution is 2.21. The van der Waals surface area contributed by atoms with E-state index < -0.39 is 10.0 Å². The molecule has 1 saturated carbocycles. The first kappa shape index (κ1) is 14.9. The molecule has 1 aromatic heterocycles. The molecule has 3 N–H and O–H groups in total. The van der Waals surface area contributed by atoms with Crippen molar-refractivity contribution in [2.45, 2.75) is 42.5 Å². The Morgan fingerprint density at radius 3 is 2.74 bits per heavy atom. The van der Waals surface area contributed by atoms with E-state index in [0.717, 1.165) is 17.7 Å². The lowest BCUT2D eigenvalue weighted by atomic mass is 10.3. The van der Waals surface area contributed by atoms with Gasteiger partial charge in [0.1, 0.15) is 4.21 Å². The Bertz CT molecular complexity index is 493. The Hall–Kier alpha value is -0.470. The first-order chi connectivity index (χ1) is 9.12. The van der Waals surface area contributed by atoms with Gasteiger partial charge in [0.15, 0.2) is 0 Å². The van der Waals surface area contributed by atoms with Gasteiger partial charge in [-0.3, -0.25) is 0 Å². The van der Waals surface area contributed by atoms with E-state index >= 15 is 0 Å². The van der Waals surface area contributed by atoms with Gasteiger partial charge in [-0.1, -0.05) is 12.8 Å². The minimum absolute atomic E-state index is 0.314. The molecule has 1 aliphatic carbocycles. The van der Waals surface area contributed by atoms with Gasteiger partial charge in [0.25, 0.3) is 0 Å². The molecule has 0 unspecified atom stereocenters. The van der Waals surface area contributed by atoms with Gasteiger partial charge < -0.3 is 10.5 Å². The zero-order chi connectivity index (χ0) is 13.7. The fourth-order valence-corrected chi connectivity index (χ4v) is 4.43. The van der Waals surface area contributed by atoms with Crippen molar-refractivity contribution in [1.82, 2.24) is 4.72 Å². The van der Waals surface area contributed by atoms with Gasteiger partial charge in [0, 0.05) is 18.0 Å². The number of nitrogens with one attached hydrogen (secondary N) is 1. The highest BCUT2D eigenvalue weighted by Gasteiger charge is 2.18. The quantitative estimate of drug-likeness (QED) is 0.747. The summed E-state index contributed by atoms with van der Waals surface area (Å²) in [6.45, 7) is 1.11. The van der Waals surface area contributed by atoms with Crippen molar-refractivity contribution in [3.05, 3.63) is 17.0 Å². The number of hydrogen-bond acceptors (Lipinski definition) is 5. The summed E-state index contributed by atoms with van der Waals surface area (Å²) in [5, 5.41) is 0. The number of hydrogen-bond donors (Lipinski definition) is 2. The Morgan fingerprint density at radius 1 is 1.37 bits per heavy atom. The summed E-state index contributed by atoms with van der Waals surface area (Å²) in [6, 6.07) is 3.33. The van der Waals surface area contributed by atoms with Crippen molar-refractivity contribution in [1.29, 1.82) is 0 Å². The third-order valence-corrected chi connectivity index (χ3v) is 6.21. The van der Waals surface area contributed by atoms with Crippen LogP contribution in [0.3, 0.4) is 0 Å². The molecular formula is C12H20N2O3S2. The van der Waals surface area contributed by atoms with Gasteiger partial charge in [-0.15, -0.1) is 11.3 Å².